The zero-order chi connectivity index (χ0) is 31.5. The van der Waals surface area contributed by atoms with E-state index in [2.05, 4.69) is 25.6 Å². The van der Waals surface area contributed by atoms with Gasteiger partial charge in [-0.25, -0.2) is 0 Å². The Kier molecular flexibility index (Phi) is 33.3. The highest BCUT2D eigenvalue weighted by Gasteiger charge is 2.30. The molecule has 0 N–H and O–H groups in total. The van der Waals surface area contributed by atoms with Crippen LogP contribution >= 0.6 is 11.8 Å². The molecule has 0 aromatic carbocycles. The summed E-state index contributed by atoms with van der Waals surface area (Å²) >= 11 is 2.34. The van der Waals surface area contributed by atoms with Crippen LogP contribution in [-0.2, 0) is 4.74 Å². The molecule has 0 atom stereocenters. The van der Waals surface area contributed by atoms with E-state index in [1.165, 1.54) is 237 Å². The summed E-state index contributed by atoms with van der Waals surface area (Å²) in [5.74, 6) is 1.32. The second-order valence-corrected chi connectivity index (χ2v) is 16.4. The minimum atomic E-state index is 0.520. The molecule has 0 amide bonds. The van der Waals surface area contributed by atoms with Crippen LogP contribution in [0, 0.1) is 0 Å². The molecule has 0 aromatic rings. The van der Waals surface area contributed by atoms with Crippen molar-refractivity contribution in [2.24, 2.45) is 0 Å². The number of thioether (sulfide) groups is 1. The van der Waals surface area contributed by atoms with Crippen molar-refractivity contribution >= 4 is 11.8 Å². The number of ether oxygens (including phenoxy) is 1. The molecule has 44 heavy (non-hydrogen) atoms. The highest BCUT2D eigenvalue weighted by molar-refractivity contribution is 8.00. The van der Waals surface area contributed by atoms with E-state index in [0.29, 0.717) is 4.75 Å². The lowest BCUT2D eigenvalue weighted by atomic mass is 9.90. The maximum absolute atomic E-state index is 5.98. The summed E-state index contributed by atoms with van der Waals surface area (Å²) in [7, 11) is 0. The van der Waals surface area contributed by atoms with Gasteiger partial charge in [0.25, 0.3) is 0 Å². The highest BCUT2D eigenvalue weighted by Crippen LogP contribution is 2.41. The van der Waals surface area contributed by atoms with Gasteiger partial charge in [-0.3, -0.25) is 0 Å². The van der Waals surface area contributed by atoms with Gasteiger partial charge in [-0.2, -0.15) is 11.8 Å². The number of unbranched alkanes of at least 4 members (excludes halogenated alkanes) is 30. The van der Waals surface area contributed by atoms with Gasteiger partial charge in [0.2, 0.25) is 0 Å². The molecule has 1 rings (SSSR count). The molecule has 2 heteroatoms. The smallest absolute Gasteiger partial charge is 0.0479 e. The second-order valence-electron chi connectivity index (χ2n) is 14.9. The number of hydrogen-bond acceptors (Lipinski definition) is 2. The van der Waals surface area contributed by atoms with Crippen LogP contribution in [0.5, 0.6) is 0 Å². The molecule has 264 valence electrons. The third-order valence-corrected chi connectivity index (χ3v) is 12.2. The molecular formula is C42H84OS. The predicted octanol–water partition coefficient (Wildman–Crippen LogP) is 15.6. The topological polar surface area (TPSA) is 9.23 Å². The highest BCUT2D eigenvalue weighted by atomic mass is 32.2. The van der Waals surface area contributed by atoms with Gasteiger partial charge in [-0.05, 0) is 31.4 Å². The third kappa shape index (κ3) is 28.5. The molecule has 1 saturated heterocycles. The van der Waals surface area contributed by atoms with Gasteiger partial charge in [0.1, 0.15) is 0 Å². The van der Waals surface area contributed by atoms with E-state index in [9.17, 15) is 0 Å². The maximum atomic E-state index is 5.98. The minimum absolute atomic E-state index is 0.520. The average molecular weight is 637 g/mol. The zero-order valence-corrected chi connectivity index (χ0v) is 31.7. The van der Waals surface area contributed by atoms with Crippen molar-refractivity contribution in [3.63, 3.8) is 0 Å². The summed E-state index contributed by atoms with van der Waals surface area (Å²) in [6.45, 7) is 6.62. The SMILES string of the molecule is CCCCCCCCCCCCCCCCCCC1(CCCCCCCCCCCCCCCCCC)CCOCCCS1. The van der Waals surface area contributed by atoms with E-state index in [0.717, 1.165) is 13.2 Å². The van der Waals surface area contributed by atoms with Crippen molar-refractivity contribution in [1.29, 1.82) is 0 Å². The fourth-order valence-corrected chi connectivity index (χ4v) is 8.89. The Morgan fingerprint density at radius 2 is 0.682 bits per heavy atom. The van der Waals surface area contributed by atoms with Gasteiger partial charge in [0.15, 0.2) is 0 Å². The van der Waals surface area contributed by atoms with Crippen LogP contribution in [0.3, 0.4) is 0 Å². The van der Waals surface area contributed by atoms with Gasteiger partial charge in [-0.15, -0.1) is 0 Å². The van der Waals surface area contributed by atoms with Crippen LogP contribution in [0.1, 0.15) is 245 Å². The molecule has 1 aliphatic rings. The van der Waals surface area contributed by atoms with Gasteiger partial charge in [0, 0.05) is 18.0 Å². The first kappa shape index (κ1) is 42.3. The normalized spacial score (nSPS) is 15.4. The van der Waals surface area contributed by atoms with E-state index < -0.39 is 0 Å². The van der Waals surface area contributed by atoms with Crippen molar-refractivity contribution in [2.75, 3.05) is 19.0 Å². The van der Waals surface area contributed by atoms with Gasteiger partial charge >= 0.3 is 0 Å². The number of hydrogen-bond donors (Lipinski definition) is 0. The summed E-state index contributed by atoms with van der Waals surface area (Å²) in [5, 5.41) is 0. The van der Waals surface area contributed by atoms with Crippen LogP contribution in [0.15, 0.2) is 0 Å². The summed E-state index contributed by atoms with van der Waals surface area (Å²) in [6, 6.07) is 0. The standard InChI is InChI=1S/C42H84OS/c1-3-5-7-9-11-13-15-17-19-21-23-25-27-29-31-33-36-42(38-40-43-39-35-41-44-42)37-34-32-30-28-26-24-22-20-18-16-14-12-10-8-6-4-2/h3-41H2,1-2H3. The van der Waals surface area contributed by atoms with E-state index in [1.54, 1.807) is 0 Å². The Balaban J connectivity index is 2.00. The largest absolute Gasteiger partial charge is 0.381 e. The molecule has 0 radical (unpaired) electrons. The van der Waals surface area contributed by atoms with Crippen LogP contribution < -0.4 is 0 Å². The lowest BCUT2D eigenvalue weighted by molar-refractivity contribution is 0.119. The summed E-state index contributed by atoms with van der Waals surface area (Å²) in [6.07, 6.45) is 52.3. The molecule has 1 fully saturated rings. The van der Waals surface area contributed by atoms with E-state index in [1.807, 2.05) is 0 Å². The van der Waals surface area contributed by atoms with E-state index in [-0.39, 0.29) is 0 Å². The van der Waals surface area contributed by atoms with Gasteiger partial charge in [0.05, 0.1) is 0 Å². The molecule has 0 aliphatic carbocycles. The van der Waals surface area contributed by atoms with Crippen molar-refractivity contribution in [3.8, 4) is 0 Å². The first-order valence-electron chi connectivity index (χ1n) is 21.0. The number of rotatable bonds is 34. The van der Waals surface area contributed by atoms with Crippen molar-refractivity contribution < 1.29 is 4.74 Å². The van der Waals surface area contributed by atoms with Crippen molar-refractivity contribution in [2.45, 2.75) is 250 Å². The maximum Gasteiger partial charge on any atom is 0.0479 e. The lowest BCUT2D eigenvalue weighted by Gasteiger charge is -2.35. The minimum Gasteiger partial charge on any atom is -0.381 e. The lowest BCUT2D eigenvalue weighted by Crippen LogP contribution is -2.29. The van der Waals surface area contributed by atoms with Crippen LogP contribution in [-0.4, -0.2) is 23.7 Å². The first-order valence-corrected chi connectivity index (χ1v) is 22.0. The Labute approximate surface area is 284 Å². The van der Waals surface area contributed by atoms with Crippen LogP contribution in [0.2, 0.25) is 0 Å². The quantitative estimate of drug-likeness (QED) is 0.0650. The molecule has 0 bridgehead atoms. The monoisotopic (exact) mass is 637 g/mol. The molecule has 1 aliphatic heterocycles. The molecule has 0 aromatic heterocycles. The van der Waals surface area contributed by atoms with Crippen molar-refractivity contribution in [3.05, 3.63) is 0 Å². The van der Waals surface area contributed by atoms with Crippen LogP contribution in [0.25, 0.3) is 0 Å². The third-order valence-electron chi connectivity index (χ3n) is 10.5. The fraction of sp³-hybridized carbons (Fsp3) is 1.00. The molecule has 1 heterocycles. The van der Waals surface area contributed by atoms with E-state index in [4.69, 9.17) is 4.74 Å². The second kappa shape index (κ2) is 34.6. The molecule has 0 unspecified atom stereocenters. The first-order chi connectivity index (χ1) is 21.8. The Morgan fingerprint density at radius 3 is 1.00 bits per heavy atom. The fourth-order valence-electron chi connectivity index (χ4n) is 7.39. The summed E-state index contributed by atoms with van der Waals surface area (Å²) in [4.78, 5) is 0. The summed E-state index contributed by atoms with van der Waals surface area (Å²) < 4.78 is 6.50. The van der Waals surface area contributed by atoms with Crippen molar-refractivity contribution in [1.82, 2.24) is 0 Å². The Bertz CT molecular complexity index is 488. The van der Waals surface area contributed by atoms with E-state index >= 15 is 0 Å². The predicted molar refractivity (Wildman–Crippen MR) is 204 cm³/mol. The van der Waals surface area contributed by atoms with Gasteiger partial charge in [-0.1, -0.05) is 219 Å². The molecule has 0 spiro atoms. The zero-order valence-electron chi connectivity index (χ0n) is 30.9. The van der Waals surface area contributed by atoms with Gasteiger partial charge < -0.3 is 4.74 Å². The van der Waals surface area contributed by atoms with Crippen LogP contribution in [0.4, 0.5) is 0 Å². The molecule has 0 saturated carbocycles. The molecular weight excluding hydrogens is 553 g/mol. The molecule has 1 nitrogen and oxygen atoms in total. The average Bonchev–Trinajstić information content (AvgIpc) is 3.02. The summed E-state index contributed by atoms with van der Waals surface area (Å²) in [5.41, 5.74) is 0. The Hall–Kier alpha value is 0.310. The Morgan fingerprint density at radius 1 is 0.386 bits per heavy atom.